The molecule has 0 saturated heterocycles. The molecule has 0 spiro atoms. The molecule has 0 aliphatic rings. The number of alkyl halides is 3. The molecule has 0 fully saturated rings. The molecule has 0 bridgehead atoms. The molecule has 0 aromatic heterocycles. The molecule has 0 aliphatic heterocycles. The first-order chi connectivity index (χ1) is 8.34. The van der Waals surface area contributed by atoms with Crippen LogP contribution in [0.2, 0.25) is 0 Å². The minimum absolute atomic E-state index is 0.0934. The Labute approximate surface area is 100 Å². The number of carbonyl (C=O) groups is 2. The zero-order valence-electron chi connectivity index (χ0n) is 8.91. The third kappa shape index (κ3) is 3.63. The van der Waals surface area contributed by atoms with Gasteiger partial charge < -0.3 is 9.90 Å². The molecule has 6 heteroatoms. The van der Waals surface area contributed by atoms with Crippen molar-refractivity contribution >= 4 is 12.3 Å². The molecule has 0 atom stereocenters. The maximum Gasteiger partial charge on any atom is 0.416 e. The second kappa shape index (κ2) is 5.36. The van der Waals surface area contributed by atoms with E-state index in [0.717, 1.165) is 12.1 Å². The molecular formula is C12H7F3O3. The van der Waals surface area contributed by atoms with Crippen molar-refractivity contribution in [2.24, 2.45) is 0 Å². The highest BCUT2D eigenvalue weighted by Crippen LogP contribution is 2.30. The number of aldehydes is 1. The van der Waals surface area contributed by atoms with Gasteiger partial charge in [0.15, 0.2) is 0 Å². The molecule has 0 unspecified atom stereocenters. The number of hydrogen-bond donors (Lipinski definition) is 1. The van der Waals surface area contributed by atoms with Gasteiger partial charge in [0, 0.05) is 5.56 Å². The molecule has 0 radical (unpaired) electrons. The van der Waals surface area contributed by atoms with Crippen LogP contribution in [0, 0.1) is 11.8 Å². The lowest BCUT2D eigenvalue weighted by atomic mass is 10.1. The fourth-order valence-corrected chi connectivity index (χ4v) is 1.18. The monoisotopic (exact) mass is 256 g/mol. The zero-order valence-corrected chi connectivity index (χ0v) is 8.91. The van der Waals surface area contributed by atoms with E-state index in [2.05, 4.69) is 11.8 Å². The van der Waals surface area contributed by atoms with Gasteiger partial charge in [0.05, 0.1) is 17.5 Å². The molecule has 1 aromatic rings. The van der Waals surface area contributed by atoms with Gasteiger partial charge in [0.1, 0.15) is 6.29 Å². The van der Waals surface area contributed by atoms with Gasteiger partial charge in [-0.2, -0.15) is 13.2 Å². The summed E-state index contributed by atoms with van der Waals surface area (Å²) in [6.45, 7) is 0. The molecule has 0 amide bonds. The van der Waals surface area contributed by atoms with Crippen molar-refractivity contribution < 1.29 is 27.9 Å². The maximum absolute atomic E-state index is 12.5. The highest BCUT2D eigenvalue weighted by molar-refractivity contribution is 5.88. The molecule has 3 nitrogen and oxygen atoms in total. The lowest BCUT2D eigenvalue weighted by molar-refractivity contribution is -0.137. The van der Waals surface area contributed by atoms with Crippen LogP contribution in [0.1, 0.15) is 27.9 Å². The number of carboxylic acids is 1. The molecule has 1 rings (SSSR count). The first kappa shape index (κ1) is 13.8. The summed E-state index contributed by atoms with van der Waals surface area (Å²) >= 11 is 0. The van der Waals surface area contributed by atoms with Gasteiger partial charge in [-0.05, 0) is 18.2 Å². The first-order valence-corrected chi connectivity index (χ1v) is 4.72. The minimum atomic E-state index is -4.65. The molecule has 1 aromatic carbocycles. The largest absolute Gasteiger partial charge is 0.478 e. The number of halogens is 3. The van der Waals surface area contributed by atoms with E-state index in [0.29, 0.717) is 12.4 Å². The number of benzene rings is 1. The molecular weight excluding hydrogens is 249 g/mol. The predicted octanol–water partition coefficient (Wildman–Crippen LogP) is 2.34. The third-order valence-corrected chi connectivity index (χ3v) is 1.93. The molecule has 94 valence electrons. The van der Waals surface area contributed by atoms with E-state index < -0.39 is 23.3 Å². The first-order valence-electron chi connectivity index (χ1n) is 4.72. The molecule has 0 aliphatic carbocycles. The predicted molar refractivity (Wildman–Crippen MR) is 56.0 cm³/mol. The summed E-state index contributed by atoms with van der Waals surface area (Å²) < 4.78 is 37.5. The molecule has 0 heterocycles. The van der Waals surface area contributed by atoms with E-state index in [9.17, 15) is 22.8 Å². The zero-order chi connectivity index (χ0) is 13.8. The van der Waals surface area contributed by atoms with Crippen LogP contribution in [0.3, 0.4) is 0 Å². The van der Waals surface area contributed by atoms with E-state index >= 15 is 0 Å². The normalized spacial score (nSPS) is 10.4. The van der Waals surface area contributed by atoms with E-state index in [1.165, 1.54) is 0 Å². The topological polar surface area (TPSA) is 54.4 Å². The Hall–Kier alpha value is -2.29. The van der Waals surface area contributed by atoms with Gasteiger partial charge in [-0.3, -0.25) is 0 Å². The number of aromatic carboxylic acids is 1. The average Bonchev–Trinajstić information content (AvgIpc) is 2.28. The lowest BCUT2D eigenvalue weighted by Crippen LogP contribution is -2.08. The molecule has 18 heavy (non-hydrogen) atoms. The van der Waals surface area contributed by atoms with Crippen molar-refractivity contribution in [3.8, 4) is 11.8 Å². The van der Waals surface area contributed by atoms with Gasteiger partial charge in [-0.25, -0.2) is 4.79 Å². The van der Waals surface area contributed by atoms with E-state index in [1.807, 2.05) is 0 Å². The van der Waals surface area contributed by atoms with Crippen LogP contribution in [0.4, 0.5) is 13.2 Å². The lowest BCUT2D eigenvalue weighted by Gasteiger charge is -2.08. The van der Waals surface area contributed by atoms with Crippen molar-refractivity contribution in [2.75, 3.05) is 0 Å². The number of carbonyl (C=O) groups excluding carboxylic acids is 1. The van der Waals surface area contributed by atoms with Gasteiger partial charge in [-0.15, -0.1) is 0 Å². The van der Waals surface area contributed by atoms with Crippen LogP contribution in [-0.2, 0) is 11.0 Å². The summed E-state index contributed by atoms with van der Waals surface area (Å²) in [6.07, 6.45) is -4.27. The van der Waals surface area contributed by atoms with Gasteiger partial charge in [-0.1, -0.05) is 11.8 Å². The SMILES string of the molecule is O=CCC#Cc1cc(C(=O)O)cc(C(F)(F)F)c1. The second-order valence-electron chi connectivity index (χ2n) is 3.27. The van der Waals surface area contributed by atoms with Crippen LogP contribution in [0.25, 0.3) is 0 Å². The highest BCUT2D eigenvalue weighted by Gasteiger charge is 2.31. The Balaban J connectivity index is 3.28. The van der Waals surface area contributed by atoms with Crippen molar-refractivity contribution in [1.82, 2.24) is 0 Å². The summed E-state index contributed by atoms with van der Waals surface area (Å²) in [6, 6.07) is 2.30. The van der Waals surface area contributed by atoms with E-state index in [1.54, 1.807) is 0 Å². The van der Waals surface area contributed by atoms with Crippen LogP contribution >= 0.6 is 0 Å². The minimum Gasteiger partial charge on any atom is -0.478 e. The van der Waals surface area contributed by atoms with Crippen molar-refractivity contribution in [3.63, 3.8) is 0 Å². The Morgan fingerprint density at radius 3 is 2.50 bits per heavy atom. The standard InChI is InChI=1S/C12H7F3O3/c13-12(14,15)10-6-8(3-1-2-4-16)5-9(7-10)11(17)18/h4-7H,2H2,(H,17,18). The van der Waals surface area contributed by atoms with E-state index in [4.69, 9.17) is 5.11 Å². The number of rotatable bonds is 2. The summed E-state index contributed by atoms with van der Waals surface area (Å²) in [5.74, 6) is 3.15. The van der Waals surface area contributed by atoms with Gasteiger partial charge in [0.25, 0.3) is 0 Å². The Morgan fingerprint density at radius 1 is 1.33 bits per heavy atom. The van der Waals surface area contributed by atoms with Crippen LogP contribution in [0.5, 0.6) is 0 Å². The Bertz CT molecular complexity index is 536. The summed E-state index contributed by atoms with van der Waals surface area (Å²) in [5.41, 5.74) is -1.68. The van der Waals surface area contributed by atoms with E-state index in [-0.39, 0.29) is 12.0 Å². The average molecular weight is 256 g/mol. The quantitative estimate of drug-likeness (QED) is 0.652. The highest BCUT2D eigenvalue weighted by atomic mass is 19.4. The van der Waals surface area contributed by atoms with Crippen LogP contribution in [0.15, 0.2) is 18.2 Å². The molecule has 0 saturated carbocycles. The van der Waals surface area contributed by atoms with Crippen LogP contribution in [-0.4, -0.2) is 17.4 Å². The Kier molecular flexibility index (Phi) is 4.10. The van der Waals surface area contributed by atoms with Gasteiger partial charge >= 0.3 is 12.1 Å². The Morgan fingerprint density at radius 2 is 2.00 bits per heavy atom. The molecule has 1 N–H and O–H groups in total. The summed E-state index contributed by atoms with van der Waals surface area (Å²) in [5, 5.41) is 8.70. The number of hydrogen-bond acceptors (Lipinski definition) is 2. The third-order valence-electron chi connectivity index (χ3n) is 1.93. The smallest absolute Gasteiger partial charge is 0.416 e. The summed E-state index contributed by atoms with van der Waals surface area (Å²) in [7, 11) is 0. The summed E-state index contributed by atoms with van der Waals surface area (Å²) in [4.78, 5) is 20.7. The van der Waals surface area contributed by atoms with Crippen molar-refractivity contribution in [3.05, 3.63) is 34.9 Å². The van der Waals surface area contributed by atoms with Crippen LogP contribution < -0.4 is 0 Å². The maximum atomic E-state index is 12.5. The number of carboxylic acid groups (broad SMARTS) is 1. The second-order valence-corrected chi connectivity index (χ2v) is 3.27. The van der Waals surface area contributed by atoms with Crippen molar-refractivity contribution in [2.45, 2.75) is 12.6 Å². The van der Waals surface area contributed by atoms with Crippen molar-refractivity contribution in [1.29, 1.82) is 0 Å². The van der Waals surface area contributed by atoms with Gasteiger partial charge in [0.2, 0.25) is 0 Å². The fraction of sp³-hybridized carbons (Fsp3) is 0.167. The fourth-order valence-electron chi connectivity index (χ4n) is 1.18.